The van der Waals surface area contributed by atoms with Gasteiger partial charge < -0.3 is 4.90 Å². The van der Waals surface area contributed by atoms with Gasteiger partial charge in [-0.05, 0) is 43.5 Å². The summed E-state index contributed by atoms with van der Waals surface area (Å²) in [7, 11) is 0. The molecule has 0 aliphatic carbocycles. The van der Waals surface area contributed by atoms with E-state index in [1.54, 1.807) is 0 Å². The van der Waals surface area contributed by atoms with Gasteiger partial charge in [0.2, 0.25) is 0 Å². The summed E-state index contributed by atoms with van der Waals surface area (Å²) in [6.45, 7) is 6.84. The summed E-state index contributed by atoms with van der Waals surface area (Å²) in [5.74, 6) is 1.70. The summed E-state index contributed by atoms with van der Waals surface area (Å²) in [5.41, 5.74) is 2.35. The number of aryl methyl sites for hydroxylation is 1. The molecule has 2 aliphatic rings. The lowest BCUT2D eigenvalue weighted by molar-refractivity contribution is 0.230. The second-order valence-corrected chi connectivity index (χ2v) is 5.86. The molecule has 0 amide bonds. The lowest BCUT2D eigenvalue weighted by Crippen LogP contribution is -2.50. The van der Waals surface area contributed by atoms with Gasteiger partial charge in [-0.1, -0.05) is 6.92 Å². The molecule has 3 nitrogen and oxygen atoms in total. The zero-order chi connectivity index (χ0) is 13.2. The molecule has 2 fully saturated rings. The van der Waals surface area contributed by atoms with Gasteiger partial charge in [0.15, 0.2) is 0 Å². The maximum Gasteiger partial charge on any atom is 0.129 e. The van der Waals surface area contributed by atoms with Crippen LogP contribution >= 0.6 is 11.6 Å². The molecule has 4 heteroatoms. The first-order valence-corrected chi connectivity index (χ1v) is 7.88. The van der Waals surface area contributed by atoms with Gasteiger partial charge in [-0.25, -0.2) is 4.98 Å². The standard InChI is InChI=1S/C15H22ClN3/c1-2-13-8-12(10-16)9-15(17-13)19-7-6-18-5-3-4-14(18)11-19/h8-9,14H,2-7,10-11H2,1H3. The van der Waals surface area contributed by atoms with Gasteiger partial charge in [-0.3, -0.25) is 4.90 Å². The molecule has 104 valence electrons. The number of piperazine rings is 1. The first kappa shape index (κ1) is 13.2. The van der Waals surface area contributed by atoms with E-state index in [1.165, 1.54) is 31.5 Å². The highest BCUT2D eigenvalue weighted by Gasteiger charge is 2.31. The predicted molar refractivity (Wildman–Crippen MR) is 80.0 cm³/mol. The van der Waals surface area contributed by atoms with Crippen molar-refractivity contribution in [3.63, 3.8) is 0 Å². The number of hydrogen-bond acceptors (Lipinski definition) is 3. The number of anilines is 1. The van der Waals surface area contributed by atoms with E-state index in [-0.39, 0.29) is 0 Å². The second-order valence-electron chi connectivity index (χ2n) is 5.59. The van der Waals surface area contributed by atoms with Crippen LogP contribution in [0.2, 0.25) is 0 Å². The minimum Gasteiger partial charge on any atom is -0.354 e. The molecule has 1 atom stereocenters. The molecule has 0 bridgehead atoms. The third kappa shape index (κ3) is 2.72. The van der Waals surface area contributed by atoms with Crippen LogP contribution in [0.1, 0.15) is 31.0 Å². The van der Waals surface area contributed by atoms with Gasteiger partial charge >= 0.3 is 0 Å². The van der Waals surface area contributed by atoms with Crippen molar-refractivity contribution in [2.24, 2.45) is 0 Å². The van der Waals surface area contributed by atoms with Crippen molar-refractivity contribution in [3.05, 3.63) is 23.4 Å². The van der Waals surface area contributed by atoms with Crippen LogP contribution in [0.4, 0.5) is 5.82 Å². The molecule has 19 heavy (non-hydrogen) atoms. The van der Waals surface area contributed by atoms with E-state index in [0.29, 0.717) is 5.88 Å². The molecule has 3 rings (SSSR count). The van der Waals surface area contributed by atoms with Crippen molar-refractivity contribution >= 4 is 17.4 Å². The highest BCUT2D eigenvalue weighted by Crippen LogP contribution is 2.25. The van der Waals surface area contributed by atoms with Crippen molar-refractivity contribution in [1.82, 2.24) is 9.88 Å². The van der Waals surface area contributed by atoms with E-state index < -0.39 is 0 Å². The minimum atomic E-state index is 0.575. The number of aromatic nitrogens is 1. The first-order valence-electron chi connectivity index (χ1n) is 7.35. The maximum atomic E-state index is 6.00. The lowest BCUT2D eigenvalue weighted by Gasteiger charge is -2.38. The Labute approximate surface area is 120 Å². The molecule has 3 heterocycles. The van der Waals surface area contributed by atoms with Crippen LogP contribution in [0.15, 0.2) is 12.1 Å². The minimum absolute atomic E-state index is 0.575. The van der Waals surface area contributed by atoms with Gasteiger partial charge in [0.05, 0.1) is 0 Å². The van der Waals surface area contributed by atoms with Crippen LogP contribution in [0.25, 0.3) is 0 Å². The Morgan fingerprint density at radius 2 is 2.21 bits per heavy atom. The Kier molecular flexibility index (Phi) is 3.94. The van der Waals surface area contributed by atoms with Crippen molar-refractivity contribution in [1.29, 1.82) is 0 Å². The summed E-state index contributed by atoms with van der Waals surface area (Å²) in [4.78, 5) is 9.86. The Morgan fingerprint density at radius 3 is 3.00 bits per heavy atom. The first-order chi connectivity index (χ1) is 9.30. The lowest BCUT2D eigenvalue weighted by atomic mass is 10.1. The topological polar surface area (TPSA) is 19.4 Å². The van der Waals surface area contributed by atoms with Gasteiger partial charge in [-0.2, -0.15) is 0 Å². The van der Waals surface area contributed by atoms with Crippen molar-refractivity contribution in [2.75, 3.05) is 31.1 Å². The molecular weight excluding hydrogens is 258 g/mol. The highest BCUT2D eigenvalue weighted by molar-refractivity contribution is 6.17. The SMILES string of the molecule is CCc1cc(CCl)cc(N2CCN3CCCC3C2)n1. The summed E-state index contributed by atoms with van der Waals surface area (Å²) >= 11 is 6.00. The van der Waals surface area contributed by atoms with Gasteiger partial charge in [0.1, 0.15) is 5.82 Å². The zero-order valence-electron chi connectivity index (χ0n) is 11.6. The fourth-order valence-electron chi connectivity index (χ4n) is 3.25. The van der Waals surface area contributed by atoms with Crippen LogP contribution in [0.5, 0.6) is 0 Å². The Morgan fingerprint density at radius 1 is 1.32 bits per heavy atom. The van der Waals surface area contributed by atoms with Crippen molar-refractivity contribution in [2.45, 2.75) is 38.1 Å². The van der Waals surface area contributed by atoms with Crippen LogP contribution in [0.3, 0.4) is 0 Å². The monoisotopic (exact) mass is 279 g/mol. The van der Waals surface area contributed by atoms with E-state index in [0.717, 1.165) is 37.1 Å². The summed E-state index contributed by atoms with van der Waals surface area (Å²) < 4.78 is 0. The normalized spacial score (nSPS) is 23.7. The molecule has 0 aromatic carbocycles. The molecule has 0 spiro atoms. The van der Waals surface area contributed by atoms with Crippen molar-refractivity contribution < 1.29 is 0 Å². The smallest absolute Gasteiger partial charge is 0.129 e. The largest absolute Gasteiger partial charge is 0.354 e. The number of pyridine rings is 1. The van der Waals surface area contributed by atoms with Gasteiger partial charge in [0, 0.05) is 37.3 Å². The molecule has 1 unspecified atom stereocenters. The number of halogens is 1. The third-order valence-corrected chi connectivity index (χ3v) is 4.66. The van der Waals surface area contributed by atoms with Gasteiger partial charge in [-0.15, -0.1) is 11.6 Å². The van der Waals surface area contributed by atoms with Crippen LogP contribution < -0.4 is 4.90 Å². The Balaban J connectivity index is 1.81. The van der Waals surface area contributed by atoms with E-state index in [9.17, 15) is 0 Å². The molecule has 0 saturated carbocycles. The van der Waals surface area contributed by atoms with Gasteiger partial charge in [0.25, 0.3) is 0 Å². The van der Waals surface area contributed by atoms with Crippen LogP contribution in [-0.4, -0.2) is 42.1 Å². The maximum absolute atomic E-state index is 6.00. The average Bonchev–Trinajstić information content (AvgIpc) is 2.94. The molecule has 0 N–H and O–H groups in total. The number of rotatable bonds is 3. The molecule has 2 saturated heterocycles. The van der Waals surface area contributed by atoms with E-state index in [4.69, 9.17) is 16.6 Å². The Bertz CT molecular complexity index is 427. The summed E-state index contributed by atoms with van der Waals surface area (Å²) in [6.07, 6.45) is 3.67. The fourth-order valence-corrected chi connectivity index (χ4v) is 3.41. The Hall–Kier alpha value is -0.800. The third-order valence-electron chi connectivity index (χ3n) is 4.35. The number of nitrogens with zero attached hydrogens (tertiary/aromatic N) is 3. The predicted octanol–water partition coefficient (Wildman–Crippen LogP) is 2.67. The fraction of sp³-hybridized carbons (Fsp3) is 0.667. The number of alkyl halides is 1. The van der Waals surface area contributed by atoms with E-state index in [1.807, 2.05) is 0 Å². The zero-order valence-corrected chi connectivity index (χ0v) is 12.4. The highest BCUT2D eigenvalue weighted by atomic mass is 35.5. The summed E-state index contributed by atoms with van der Waals surface area (Å²) in [5, 5.41) is 0. The molecule has 1 aromatic heterocycles. The molecular formula is C15H22ClN3. The molecule has 1 aromatic rings. The van der Waals surface area contributed by atoms with E-state index >= 15 is 0 Å². The van der Waals surface area contributed by atoms with Crippen LogP contribution in [-0.2, 0) is 12.3 Å². The average molecular weight is 280 g/mol. The number of fused-ring (bicyclic) bond motifs is 1. The molecule has 0 radical (unpaired) electrons. The van der Waals surface area contributed by atoms with E-state index in [2.05, 4.69) is 28.9 Å². The second kappa shape index (κ2) is 5.68. The molecule has 2 aliphatic heterocycles. The quantitative estimate of drug-likeness (QED) is 0.793. The van der Waals surface area contributed by atoms with Crippen LogP contribution in [0, 0.1) is 0 Å². The van der Waals surface area contributed by atoms with Crippen molar-refractivity contribution in [3.8, 4) is 0 Å². The summed E-state index contributed by atoms with van der Waals surface area (Å²) in [6, 6.07) is 5.03. The number of hydrogen-bond donors (Lipinski definition) is 0.